The molecular weight excluding hydrogens is 284 g/mol. The maximum Gasteiger partial charge on any atom is 0.0988 e. The Morgan fingerprint density at radius 1 is 1.13 bits per heavy atom. The minimum atomic E-state index is 0.380. The summed E-state index contributed by atoms with van der Waals surface area (Å²) in [6.07, 6.45) is 4.32. The number of hydrogen-bond donors (Lipinski definition) is 0. The predicted molar refractivity (Wildman–Crippen MR) is 92.8 cm³/mol. The largest absolute Gasteiger partial charge is 0.371 e. The van der Waals surface area contributed by atoms with E-state index in [0.29, 0.717) is 6.10 Å². The van der Waals surface area contributed by atoms with Gasteiger partial charge in [-0.15, -0.1) is 0 Å². The Balaban J connectivity index is 1.72. The minimum Gasteiger partial charge on any atom is -0.371 e. The second kappa shape index (κ2) is 5.82. The number of fused-ring (bicyclic) bond motifs is 1. The highest BCUT2D eigenvalue weighted by molar-refractivity contribution is 5.87. The molecule has 0 saturated carbocycles. The Bertz CT molecular complexity index is 832. The Morgan fingerprint density at radius 3 is 2.65 bits per heavy atom. The first-order valence-electron chi connectivity index (χ1n) is 8.33. The van der Waals surface area contributed by atoms with Crippen molar-refractivity contribution in [1.82, 2.24) is 9.55 Å². The normalized spacial score (nSPS) is 16.9. The van der Waals surface area contributed by atoms with Gasteiger partial charge in [0.25, 0.3) is 0 Å². The van der Waals surface area contributed by atoms with Crippen LogP contribution >= 0.6 is 0 Å². The van der Waals surface area contributed by atoms with Crippen molar-refractivity contribution in [2.45, 2.75) is 39.3 Å². The van der Waals surface area contributed by atoms with Crippen molar-refractivity contribution in [3.05, 3.63) is 65.1 Å². The molecule has 118 valence electrons. The molecule has 0 aliphatic carbocycles. The molecule has 1 unspecified atom stereocenters. The molecule has 0 N–H and O–H groups in total. The second-order valence-electron chi connectivity index (χ2n) is 6.42. The molecule has 3 heterocycles. The van der Waals surface area contributed by atoms with Crippen LogP contribution in [0, 0.1) is 13.8 Å². The van der Waals surface area contributed by atoms with Crippen molar-refractivity contribution in [3.63, 3.8) is 0 Å². The topological polar surface area (TPSA) is 30.4 Å². The van der Waals surface area contributed by atoms with Crippen molar-refractivity contribution in [3.8, 4) is 0 Å². The monoisotopic (exact) mass is 306 g/mol. The van der Waals surface area contributed by atoms with Crippen molar-refractivity contribution < 1.29 is 4.74 Å². The zero-order valence-corrected chi connectivity index (χ0v) is 13.7. The lowest BCUT2D eigenvalue weighted by atomic mass is 10.1. The Kier molecular flexibility index (Phi) is 3.66. The number of benzene rings is 1. The number of epoxide rings is 1. The van der Waals surface area contributed by atoms with Crippen LogP contribution in [0.5, 0.6) is 0 Å². The first-order chi connectivity index (χ1) is 11.2. The van der Waals surface area contributed by atoms with E-state index in [1.807, 2.05) is 6.20 Å². The molecule has 1 aliphatic rings. The van der Waals surface area contributed by atoms with Gasteiger partial charge < -0.3 is 9.30 Å². The van der Waals surface area contributed by atoms with E-state index >= 15 is 0 Å². The molecule has 1 atom stereocenters. The van der Waals surface area contributed by atoms with Crippen LogP contribution in [0.25, 0.3) is 10.9 Å². The summed E-state index contributed by atoms with van der Waals surface area (Å²) in [5, 5.41) is 1.33. The molecule has 1 saturated heterocycles. The molecule has 3 nitrogen and oxygen atoms in total. The smallest absolute Gasteiger partial charge is 0.0988 e. The highest BCUT2D eigenvalue weighted by Gasteiger charge is 2.25. The van der Waals surface area contributed by atoms with Crippen molar-refractivity contribution >= 4 is 10.9 Å². The number of pyridine rings is 1. The number of rotatable bonds is 5. The van der Waals surface area contributed by atoms with Crippen LogP contribution in [-0.4, -0.2) is 22.3 Å². The Hall–Kier alpha value is -2.13. The molecule has 23 heavy (non-hydrogen) atoms. The van der Waals surface area contributed by atoms with Gasteiger partial charge in [-0.1, -0.05) is 30.3 Å². The second-order valence-corrected chi connectivity index (χ2v) is 6.42. The fourth-order valence-electron chi connectivity index (χ4n) is 3.36. The van der Waals surface area contributed by atoms with E-state index in [1.54, 1.807) is 0 Å². The molecular formula is C20H22N2O. The lowest BCUT2D eigenvalue weighted by Crippen LogP contribution is -2.08. The van der Waals surface area contributed by atoms with Gasteiger partial charge >= 0.3 is 0 Å². The highest BCUT2D eigenvalue weighted by atomic mass is 16.6. The Morgan fingerprint density at radius 2 is 1.91 bits per heavy atom. The van der Waals surface area contributed by atoms with Gasteiger partial charge in [0.1, 0.15) is 0 Å². The molecule has 3 heteroatoms. The molecule has 2 aromatic heterocycles. The fraction of sp³-hybridized carbons (Fsp3) is 0.350. The van der Waals surface area contributed by atoms with E-state index in [0.717, 1.165) is 26.0 Å². The number of aromatic nitrogens is 2. The number of nitrogens with zero attached hydrogens (tertiary/aromatic N) is 2. The maximum absolute atomic E-state index is 5.45. The average molecular weight is 306 g/mol. The van der Waals surface area contributed by atoms with Crippen LogP contribution < -0.4 is 0 Å². The first kappa shape index (κ1) is 14.5. The lowest BCUT2D eigenvalue weighted by Gasteiger charge is -2.10. The standard InChI is InChI=1S/C20H22N2O/c1-14-15(2)22(12-17-13-23-17)20-18(14)10-11-21-19(20)9-8-16-6-4-3-5-7-16/h3-7,10-11,17H,8-9,12-13H2,1-2H3. The number of ether oxygens (including phenoxy) is 1. The van der Waals surface area contributed by atoms with Gasteiger partial charge in [-0.2, -0.15) is 0 Å². The molecule has 1 aliphatic heterocycles. The number of hydrogen-bond acceptors (Lipinski definition) is 2. The molecule has 0 spiro atoms. The van der Waals surface area contributed by atoms with Crippen LogP contribution in [0.2, 0.25) is 0 Å². The molecule has 0 bridgehead atoms. The van der Waals surface area contributed by atoms with Gasteiger partial charge in [-0.25, -0.2) is 0 Å². The zero-order chi connectivity index (χ0) is 15.8. The number of aryl methyl sites for hydroxylation is 3. The van der Waals surface area contributed by atoms with Gasteiger partial charge in [-0.05, 0) is 43.9 Å². The predicted octanol–water partition coefficient (Wildman–Crippen LogP) is 3.84. The highest BCUT2D eigenvalue weighted by Crippen LogP contribution is 2.29. The van der Waals surface area contributed by atoms with Crippen LogP contribution in [0.15, 0.2) is 42.6 Å². The first-order valence-corrected chi connectivity index (χ1v) is 8.33. The van der Waals surface area contributed by atoms with Crippen molar-refractivity contribution in [2.24, 2.45) is 0 Å². The van der Waals surface area contributed by atoms with E-state index in [1.165, 1.54) is 33.4 Å². The van der Waals surface area contributed by atoms with Crippen LogP contribution in [0.3, 0.4) is 0 Å². The van der Waals surface area contributed by atoms with Crippen molar-refractivity contribution in [2.75, 3.05) is 6.61 Å². The summed E-state index contributed by atoms with van der Waals surface area (Å²) in [4.78, 5) is 4.70. The summed E-state index contributed by atoms with van der Waals surface area (Å²) in [5.41, 5.74) is 6.56. The molecule has 4 rings (SSSR count). The summed E-state index contributed by atoms with van der Waals surface area (Å²) < 4.78 is 7.87. The molecule has 0 radical (unpaired) electrons. The summed E-state index contributed by atoms with van der Waals surface area (Å²) >= 11 is 0. The van der Waals surface area contributed by atoms with E-state index in [-0.39, 0.29) is 0 Å². The van der Waals surface area contributed by atoms with E-state index in [9.17, 15) is 0 Å². The molecule has 3 aromatic rings. The fourth-order valence-corrected chi connectivity index (χ4v) is 3.36. The van der Waals surface area contributed by atoms with Crippen molar-refractivity contribution in [1.29, 1.82) is 0 Å². The van der Waals surface area contributed by atoms with Gasteiger partial charge in [0, 0.05) is 17.3 Å². The quantitative estimate of drug-likeness (QED) is 0.671. The van der Waals surface area contributed by atoms with Gasteiger partial charge in [0.15, 0.2) is 0 Å². The molecule has 0 amide bonds. The molecule has 1 fully saturated rings. The van der Waals surface area contributed by atoms with Gasteiger partial charge in [-0.3, -0.25) is 4.98 Å². The van der Waals surface area contributed by atoms with E-state index in [2.05, 4.69) is 54.8 Å². The Labute approximate surface area is 136 Å². The summed E-state index contributed by atoms with van der Waals surface area (Å²) in [7, 11) is 0. The van der Waals surface area contributed by atoms with Gasteiger partial charge in [0.2, 0.25) is 0 Å². The summed E-state index contributed by atoms with van der Waals surface area (Å²) in [6, 6.07) is 12.8. The summed E-state index contributed by atoms with van der Waals surface area (Å²) in [6.45, 7) is 6.25. The van der Waals surface area contributed by atoms with Crippen LogP contribution in [-0.2, 0) is 24.1 Å². The third kappa shape index (κ3) is 2.77. The van der Waals surface area contributed by atoms with Crippen LogP contribution in [0.1, 0.15) is 22.5 Å². The van der Waals surface area contributed by atoms with E-state index in [4.69, 9.17) is 9.72 Å². The lowest BCUT2D eigenvalue weighted by molar-refractivity contribution is 0.384. The van der Waals surface area contributed by atoms with Crippen LogP contribution in [0.4, 0.5) is 0 Å². The van der Waals surface area contributed by atoms with Gasteiger partial charge in [0.05, 0.1) is 30.5 Å². The maximum atomic E-state index is 5.45. The minimum absolute atomic E-state index is 0.380. The summed E-state index contributed by atoms with van der Waals surface area (Å²) in [5.74, 6) is 0. The third-order valence-corrected chi connectivity index (χ3v) is 4.90. The van der Waals surface area contributed by atoms with E-state index < -0.39 is 0 Å². The zero-order valence-electron chi connectivity index (χ0n) is 13.7. The third-order valence-electron chi connectivity index (χ3n) is 4.90. The molecule has 1 aromatic carbocycles. The SMILES string of the molecule is Cc1c(C)n(CC2CO2)c2c(CCc3ccccc3)nccc12. The average Bonchev–Trinajstić information content (AvgIpc) is 3.37.